The van der Waals surface area contributed by atoms with E-state index in [1.54, 1.807) is 31.3 Å². The molecule has 0 radical (unpaired) electrons. The molecule has 0 aliphatic heterocycles. The quantitative estimate of drug-likeness (QED) is 0.867. The van der Waals surface area contributed by atoms with Gasteiger partial charge < -0.3 is 9.84 Å². The molecule has 0 bridgehead atoms. The van der Waals surface area contributed by atoms with Gasteiger partial charge in [0.05, 0.1) is 3.79 Å². The molecule has 19 heavy (non-hydrogen) atoms. The predicted octanol–water partition coefficient (Wildman–Crippen LogP) is 3.09. The number of aromatic nitrogens is 2. The van der Waals surface area contributed by atoms with E-state index in [2.05, 4.69) is 31.4 Å². The number of halogens is 1. The first-order valence-corrected chi connectivity index (χ1v) is 7.24. The number of nitrogens with zero attached hydrogens (tertiary/aromatic N) is 2. The molecule has 2 rings (SSSR count). The Balaban J connectivity index is 1.92. The zero-order valence-electron chi connectivity index (χ0n) is 10.4. The summed E-state index contributed by atoms with van der Waals surface area (Å²) < 4.78 is 6.02. The number of aryl methyl sites for hydroxylation is 1. The van der Waals surface area contributed by atoms with Crippen LogP contribution in [0.2, 0.25) is 0 Å². The molecule has 0 aliphatic rings. The lowest BCUT2D eigenvalue weighted by atomic mass is 10.3. The van der Waals surface area contributed by atoms with Crippen LogP contribution in [0.4, 0.5) is 0 Å². The molecule has 100 valence electrons. The van der Waals surface area contributed by atoms with E-state index in [0.717, 1.165) is 9.35 Å². The van der Waals surface area contributed by atoms with Gasteiger partial charge in [-0.25, -0.2) is 0 Å². The molecule has 0 saturated carbocycles. The highest BCUT2D eigenvalue weighted by atomic mass is 79.9. The average molecular weight is 342 g/mol. The van der Waals surface area contributed by atoms with E-state index in [-0.39, 0.29) is 11.9 Å². The second-order valence-corrected chi connectivity index (χ2v) is 6.22. The van der Waals surface area contributed by atoms with Gasteiger partial charge in [-0.2, -0.15) is 4.98 Å². The maximum absolute atomic E-state index is 11.7. The van der Waals surface area contributed by atoms with Crippen LogP contribution in [-0.2, 0) is 4.79 Å². The minimum Gasteiger partial charge on any atom is -0.341 e. The number of hydrogen-bond acceptors (Lipinski definition) is 5. The molecule has 0 saturated heterocycles. The molecule has 2 aromatic heterocycles. The van der Waals surface area contributed by atoms with Crippen molar-refractivity contribution in [3.05, 3.63) is 38.6 Å². The van der Waals surface area contributed by atoms with Gasteiger partial charge in [0.15, 0.2) is 5.82 Å². The largest absolute Gasteiger partial charge is 0.341 e. The van der Waals surface area contributed by atoms with E-state index in [1.807, 2.05) is 11.4 Å². The maximum atomic E-state index is 11.7. The van der Waals surface area contributed by atoms with E-state index >= 15 is 0 Å². The average Bonchev–Trinajstić information content (AvgIpc) is 2.95. The lowest BCUT2D eigenvalue weighted by Gasteiger charge is -2.06. The Hall–Kier alpha value is -1.47. The normalized spacial score (nSPS) is 12.8. The van der Waals surface area contributed by atoms with Crippen molar-refractivity contribution in [3.63, 3.8) is 0 Å². The lowest BCUT2D eigenvalue weighted by Crippen LogP contribution is -2.24. The first-order valence-electron chi connectivity index (χ1n) is 5.57. The molecule has 1 atom stereocenters. The molecule has 0 aliphatic carbocycles. The van der Waals surface area contributed by atoms with Gasteiger partial charge in [-0.1, -0.05) is 5.16 Å². The van der Waals surface area contributed by atoms with Crippen LogP contribution in [0.25, 0.3) is 6.08 Å². The topological polar surface area (TPSA) is 68.0 Å². The second kappa shape index (κ2) is 6.12. The third kappa shape index (κ3) is 4.00. The van der Waals surface area contributed by atoms with Crippen molar-refractivity contribution < 1.29 is 9.32 Å². The highest BCUT2D eigenvalue weighted by Gasteiger charge is 2.13. The fourth-order valence-corrected chi connectivity index (χ4v) is 2.54. The molecule has 1 amide bonds. The minimum absolute atomic E-state index is 0.203. The molecule has 1 unspecified atom stereocenters. The van der Waals surface area contributed by atoms with Gasteiger partial charge in [-0.05, 0) is 52.9 Å². The molecule has 0 aromatic carbocycles. The zero-order chi connectivity index (χ0) is 13.8. The van der Waals surface area contributed by atoms with Gasteiger partial charge in [0.2, 0.25) is 11.8 Å². The number of rotatable bonds is 4. The fraction of sp³-hybridized carbons (Fsp3) is 0.250. The van der Waals surface area contributed by atoms with E-state index < -0.39 is 0 Å². The van der Waals surface area contributed by atoms with Gasteiger partial charge >= 0.3 is 0 Å². The summed E-state index contributed by atoms with van der Waals surface area (Å²) in [5, 5.41) is 8.40. The number of carbonyl (C=O) groups is 1. The Kier molecular flexibility index (Phi) is 4.49. The van der Waals surface area contributed by atoms with Crippen molar-refractivity contribution in [1.82, 2.24) is 15.5 Å². The molecule has 2 aromatic rings. The Morgan fingerprint density at radius 2 is 2.42 bits per heavy atom. The third-order valence-electron chi connectivity index (χ3n) is 2.29. The number of thiophene rings is 1. The van der Waals surface area contributed by atoms with Crippen molar-refractivity contribution in [2.75, 3.05) is 0 Å². The minimum atomic E-state index is -0.312. The summed E-state index contributed by atoms with van der Waals surface area (Å²) in [4.78, 5) is 15.8. The number of hydrogen-bond donors (Lipinski definition) is 1. The fourth-order valence-electron chi connectivity index (χ4n) is 1.39. The number of carbonyl (C=O) groups excluding carboxylic acids is 1. The Bertz CT molecular complexity index is 606. The van der Waals surface area contributed by atoms with Crippen molar-refractivity contribution in [2.45, 2.75) is 19.9 Å². The second-order valence-electron chi connectivity index (χ2n) is 3.93. The molecule has 0 spiro atoms. The van der Waals surface area contributed by atoms with E-state index in [4.69, 9.17) is 4.52 Å². The Labute approximate surface area is 122 Å². The summed E-state index contributed by atoms with van der Waals surface area (Å²) in [6.45, 7) is 3.52. The van der Waals surface area contributed by atoms with Crippen LogP contribution in [0.3, 0.4) is 0 Å². The molecule has 0 fully saturated rings. The molecule has 1 N–H and O–H groups in total. The van der Waals surface area contributed by atoms with Crippen molar-refractivity contribution >= 4 is 39.2 Å². The van der Waals surface area contributed by atoms with Crippen molar-refractivity contribution in [1.29, 1.82) is 0 Å². The molecule has 5 nitrogen and oxygen atoms in total. The van der Waals surface area contributed by atoms with Crippen molar-refractivity contribution in [3.8, 4) is 0 Å². The maximum Gasteiger partial charge on any atom is 0.248 e. The monoisotopic (exact) mass is 341 g/mol. The summed E-state index contributed by atoms with van der Waals surface area (Å²) in [6, 6.07) is 1.63. The highest BCUT2D eigenvalue weighted by molar-refractivity contribution is 9.11. The van der Waals surface area contributed by atoms with Gasteiger partial charge in [-0.15, -0.1) is 11.3 Å². The SMILES string of the molecule is Cc1noc(C(C)NC(=O)/C=C/c2csc(Br)c2)n1. The zero-order valence-corrected chi connectivity index (χ0v) is 12.8. The summed E-state index contributed by atoms with van der Waals surface area (Å²) >= 11 is 4.94. The highest BCUT2D eigenvalue weighted by Crippen LogP contribution is 2.21. The van der Waals surface area contributed by atoms with Crippen LogP contribution >= 0.6 is 27.3 Å². The van der Waals surface area contributed by atoms with Crippen LogP contribution in [-0.4, -0.2) is 16.0 Å². The lowest BCUT2D eigenvalue weighted by molar-refractivity contribution is -0.117. The van der Waals surface area contributed by atoms with Crippen LogP contribution in [0.1, 0.15) is 30.2 Å². The van der Waals surface area contributed by atoms with Gasteiger partial charge in [0.1, 0.15) is 6.04 Å². The molecular weight excluding hydrogens is 330 g/mol. The van der Waals surface area contributed by atoms with Crippen molar-refractivity contribution in [2.24, 2.45) is 0 Å². The predicted molar refractivity (Wildman–Crippen MR) is 76.6 cm³/mol. The summed E-state index contributed by atoms with van der Waals surface area (Å²) in [5.74, 6) is 0.748. The van der Waals surface area contributed by atoms with Gasteiger partial charge in [0, 0.05) is 6.08 Å². The van der Waals surface area contributed by atoms with Gasteiger partial charge in [0.25, 0.3) is 0 Å². The van der Waals surface area contributed by atoms with Crippen LogP contribution in [0, 0.1) is 6.92 Å². The number of nitrogens with one attached hydrogen (secondary N) is 1. The van der Waals surface area contributed by atoms with Crippen LogP contribution in [0.15, 0.2) is 25.8 Å². The smallest absolute Gasteiger partial charge is 0.248 e. The Morgan fingerprint density at radius 3 is 3.00 bits per heavy atom. The van der Waals surface area contributed by atoms with E-state index in [1.165, 1.54) is 6.08 Å². The van der Waals surface area contributed by atoms with E-state index in [9.17, 15) is 4.79 Å². The molecule has 2 heterocycles. The first kappa shape index (κ1) is 14.0. The molecule has 7 heteroatoms. The van der Waals surface area contributed by atoms with Gasteiger partial charge in [-0.3, -0.25) is 4.79 Å². The first-order chi connectivity index (χ1) is 9.04. The summed E-state index contributed by atoms with van der Waals surface area (Å²) in [5.41, 5.74) is 0.980. The summed E-state index contributed by atoms with van der Waals surface area (Å²) in [6.07, 6.45) is 3.23. The van der Waals surface area contributed by atoms with Crippen LogP contribution < -0.4 is 5.32 Å². The Morgan fingerprint density at radius 1 is 1.63 bits per heavy atom. The molecular formula is C12H12BrN3O2S. The summed E-state index contributed by atoms with van der Waals surface area (Å²) in [7, 11) is 0. The van der Waals surface area contributed by atoms with Crippen LogP contribution in [0.5, 0.6) is 0 Å². The van der Waals surface area contributed by atoms with E-state index in [0.29, 0.717) is 11.7 Å². The standard InChI is InChI=1S/C12H12BrN3O2S/c1-7(12-15-8(2)16-18-12)14-11(17)4-3-9-5-10(13)19-6-9/h3-7H,1-2H3,(H,14,17)/b4-3+. The third-order valence-corrected chi connectivity index (χ3v) is 3.81. The number of amides is 1.